The van der Waals surface area contributed by atoms with E-state index in [1.54, 1.807) is 7.11 Å². The highest BCUT2D eigenvalue weighted by molar-refractivity contribution is 6.30. The Hall–Kier alpha value is -2.04. The molecule has 0 N–H and O–H groups in total. The fraction of sp³-hybridized carbons (Fsp3) is 0.480. The summed E-state index contributed by atoms with van der Waals surface area (Å²) in [6, 6.07) is 14.1. The van der Waals surface area contributed by atoms with Gasteiger partial charge < -0.3 is 14.5 Å². The number of nitrogens with zero attached hydrogens (tertiary/aromatic N) is 2. The van der Waals surface area contributed by atoms with E-state index in [4.69, 9.17) is 16.3 Å². The highest BCUT2D eigenvalue weighted by Crippen LogP contribution is 2.40. The van der Waals surface area contributed by atoms with Gasteiger partial charge in [0.2, 0.25) is 5.91 Å². The first kappa shape index (κ1) is 22.6. The fourth-order valence-corrected chi connectivity index (χ4v) is 4.72. The summed E-state index contributed by atoms with van der Waals surface area (Å²) in [6.45, 7) is 9.97. The Balaban J connectivity index is 2.00. The molecule has 0 aromatic heterocycles. The van der Waals surface area contributed by atoms with Crippen molar-refractivity contribution in [3.8, 4) is 5.75 Å². The largest absolute Gasteiger partial charge is 0.497 e. The van der Waals surface area contributed by atoms with Gasteiger partial charge in [0.05, 0.1) is 7.11 Å². The first-order valence-corrected chi connectivity index (χ1v) is 11.4. The maximum absolute atomic E-state index is 13.8. The second-order valence-corrected chi connectivity index (χ2v) is 8.32. The molecule has 2 aromatic rings. The van der Waals surface area contributed by atoms with Gasteiger partial charge in [0.1, 0.15) is 5.75 Å². The minimum absolute atomic E-state index is 0.0683. The molecule has 0 saturated carbocycles. The van der Waals surface area contributed by atoms with Gasteiger partial charge in [0.25, 0.3) is 0 Å². The number of fused-ring (bicyclic) bond motifs is 1. The normalized spacial score (nSPS) is 19.0. The number of methoxy groups -OCH3 is 1. The number of hydrogen-bond donors (Lipinski definition) is 0. The third kappa shape index (κ3) is 4.81. The number of amides is 1. The predicted octanol–water partition coefficient (Wildman–Crippen LogP) is 5.39. The van der Waals surface area contributed by atoms with Crippen LogP contribution in [0.3, 0.4) is 0 Å². The Morgan fingerprint density at radius 3 is 2.40 bits per heavy atom. The highest BCUT2D eigenvalue weighted by atomic mass is 35.5. The number of hydrogen-bond acceptors (Lipinski definition) is 3. The van der Waals surface area contributed by atoms with Crippen molar-refractivity contribution in [1.82, 2.24) is 4.90 Å². The van der Waals surface area contributed by atoms with Gasteiger partial charge in [-0.05, 0) is 73.3 Å². The number of rotatable bonds is 8. The van der Waals surface area contributed by atoms with E-state index < -0.39 is 0 Å². The maximum atomic E-state index is 13.8. The number of anilines is 1. The van der Waals surface area contributed by atoms with Gasteiger partial charge in [-0.1, -0.05) is 44.5 Å². The average Bonchev–Trinajstić information content (AvgIpc) is 2.88. The van der Waals surface area contributed by atoms with E-state index in [-0.39, 0.29) is 17.7 Å². The van der Waals surface area contributed by atoms with Crippen molar-refractivity contribution < 1.29 is 9.53 Å². The molecule has 1 heterocycles. The van der Waals surface area contributed by atoms with Crippen LogP contribution in [0.5, 0.6) is 5.75 Å². The van der Waals surface area contributed by atoms with Crippen LogP contribution in [-0.4, -0.2) is 44.1 Å². The number of ether oxygens (including phenoxy) is 1. The molecule has 0 aliphatic carbocycles. The van der Waals surface area contributed by atoms with Crippen LogP contribution < -0.4 is 9.64 Å². The van der Waals surface area contributed by atoms with E-state index >= 15 is 0 Å². The second kappa shape index (κ2) is 10.3. The number of carbonyl (C=O) groups is 1. The molecule has 0 spiro atoms. The van der Waals surface area contributed by atoms with Crippen LogP contribution in [0, 0.1) is 5.92 Å². The van der Waals surface area contributed by atoms with Crippen LogP contribution in [0.25, 0.3) is 0 Å². The quantitative estimate of drug-likeness (QED) is 0.565. The zero-order valence-corrected chi connectivity index (χ0v) is 19.3. The molecule has 0 fully saturated rings. The molecule has 162 valence electrons. The molecule has 0 unspecified atom stereocenters. The predicted molar refractivity (Wildman–Crippen MR) is 125 cm³/mol. The van der Waals surface area contributed by atoms with Gasteiger partial charge in [0.15, 0.2) is 0 Å². The molecule has 0 saturated heterocycles. The fourth-order valence-electron chi connectivity index (χ4n) is 4.52. The average molecular weight is 429 g/mol. The monoisotopic (exact) mass is 428 g/mol. The highest BCUT2D eigenvalue weighted by Gasteiger charge is 2.36. The van der Waals surface area contributed by atoms with Crippen LogP contribution in [0.4, 0.5) is 5.69 Å². The molecular formula is C25H33ClN2O2. The Morgan fingerprint density at radius 1 is 1.10 bits per heavy atom. The van der Waals surface area contributed by atoms with Gasteiger partial charge in [-0.2, -0.15) is 0 Å². The van der Waals surface area contributed by atoms with E-state index in [0.29, 0.717) is 11.6 Å². The van der Waals surface area contributed by atoms with Crippen molar-refractivity contribution in [1.29, 1.82) is 0 Å². The summed E-state index contributed by atoms with van der Waals surface area (Å²) in [4.78, 5) is 18.1. The van der Waals surface area contributed by atoms with E-state index in [0.717, 1.165) is 49.5 Å². The number of carbonyl (C=O) groups excluding carboxylic acids is 1. The molecule has 0 bridgehead atoms. The van der Waals surface area contributed by atoms with Crippen molar-refractivity contribution in [2.45, 2.75) is 39.5 Å². The zero-order valence-electron chi connectivity index (χ0n) is 18.5. The SMILES string of the molecule is CC[C@H]1C(=O)N(CCN(CC)CC)c2ccc(Cl)cc2C[C@H]1c1ccc(OC)cc1. The third-order valence-corrected chi connectivity index (χ3v) is 6.59. The first-order chi connectivity index (χ1) is 14.5. The van der Waals surface area contributed by atoms with Gasteiger partial charge in [-0.15, -0.1) is 0 Å². The van der Waals surface area contributed by atoms with Crippen LogP contribution >= 0.6 is 11.6 Å². The molecule has 30 heavy (non-hydrogen) atoms. The topological polar surface area (TPSA) is 32.8 Å². The van der Waals surface area contributed by atoms with Gasteiger partial charge in [-0.25, -0.2) is 0 Å². The Labute approximate surface area is 185 Å². The molecule has 5 heteroatoms. The van der Waals surface area contributed by atoms with E-state index in [1.165, 1.54) is 5.56 Å². The van der Waals surface area contributed by atoms with Gasteiger partial charge in [-0.3, -0.25) is 4.79 Å². The second-order valence-electron chi connectivity index (χ2n) is 7.89. The van der Waals surface area contributed by atoms with Gasteiger partial charge in [0, 0.05) is 29.7 Å². The number of halogens is 1. The van der Waals surface area contributed by atoms with Crippen LogP contribution in [0.1, 0.15) is 44.2 Å². The summed E-state index contributed by atoms with van der Waals surface area (Å²) in [7, 11) is 1.67. The number of likely N-dealkylation sites (N-methyl/N-ethyl adjacent to an activating group) is 1. The lowest BCUT2D eigenvalue weighted by Gasteiger charge is -2.30. The van der Waals surface area contributed by atoms with E-state index in [2.05, 4.69) is 37.8 Å². The molecular weight excluding hydrogens is 396 g/mol. The lowest BCUT2D eigenvalue weighted by atomic mass is 9.80. The van der Waals surface area contributed by atoms with Crippen molar-refractivity contribution in [2.24, 2.45) is 5.92 Å². The summed E-state index contributed by atoms with van der Waals surface area (Å²) in [5.41, 5.74) is 3.32. The molecule has 4 nitrogen and oxygen atoms in total. The van der Waals surface area contributed by atoms with Crippen molar-refractivity contribution in [3.05, 3.63) is 58.6 Å². The molecule has 2 atom stereocenters. The standard InChI is InChI=1S/C25H33ClN2O2/c1-5-22-23(18-8-11-21(30-4)12-9-18)17-19-16-20(26)10-13-24(19)28(25(22)29)15-14-27(6-2)7-3/h8-13,16,22-23H,5-7,14-15,17H2,1-4H3/t22-,23+/m1/s1. The summed E-state index contributed by atoms with van der Waals surface area (Å²) >= 11 is 6.36. The maximum Gasteiger partial charge on any atom is 0.230 e. The van der Waals surface area contributed by atoms with Crippen molar-refractivity contribution in [2.75, 3.05) is 38.2 Å². The lowest BCUT2D eigenvalue weighted by Crippen LogP contribution is -2.42. The number of benzene rings is 2. The Morgan fingerprint density at radius 2 is 1.80 bits per heavy atom. The minimum Gasteiger partial charge on any atom is -0.497 e. The van der Waals surface area contributed by atoms with E-state index in [1.807, 2.05) is 35.2 Å². The summed E-state index contributed by atoms with van der Waals surface area (Å²) in [5.74, 6) is 1.09. The smallest absolute Gasteiger partial charge is 0.230 e. The Bertz CT molecular complexity index is 849. The lowest BCUT2D eigenvalue weighted by molar-refractivity contribution is -0.123. The summed E-state index contributed by atoms with van der Waals surface area (Å²) in [6.07, 6.45) is 1.60. The van der Waals surface area contributed by atoms with Gasteiger partial charge >= 0.3 is 0 Å². The van der Waals surface area contributed by atoms with E-state index in [9.17, 15) is 4.79 Å². The summed E-state index contributed by atoms with van der Waals surface area (Å²) < 4.78 is 5.32. The van der Waals surface area contributed by atoms with Crippen LogP contribution in [0.2, 0.25) is 5.02 Å². The molecule has 1 aliphatic heterocycles. The Kier molecular flexibility index (Phi) is 7.79. The molecule has 3 rings (SSSR count). The first-order valence-electron chi connectivity index (χ1n) is 11.0. The molecule has 1 amide bonds. The third-order valence-electron chi connectivity index (χ3n) is 6.36. The summed E-state index contributed by atoms with van der Waals surface area (Å²) in [5, 5.41) is 0.716. The molecule has 0 radical (unpaired) electrons. The van der Waals surface area contributed by atoms with Crippen molar-refractivity contribution >= 4 is 23.2 Å². The molecule has 2 aromatic carbocycles. The zero-order chi connectivity index (χ0) is 21.7. The molecule has 1 aliphatic rings. The minimum atomic E-state index is -0.0683. The van der Waals surface area contributed by atoms with Crippen LogP contribution in [0.15, 0.2) is 42.5 Å². The van der Waals surface area contributed by atoms with Crippen molar-refractivity contribution in [3.63, 3.8) is 0 Å². The van der Waals surface area contributed by atoms with Crippen LogP contribution in [-0.2, 0) is 11.2 Å².